The summed E-state index contributed by atoms with van der Waals surface area (Å²) in [4.78, 5) is 22.8. The Morgan fingerprint density at radius 2 is 1.86 bits per heavy atom. The number of hydrogen-bond donors (Lipinski definition) is 2. The summed E-state index contributed by atoms with van der Waals surface area (Å²) in [5.74, 6) is -1.65. The zero-order valence-electron chi connectivity index (χ0n) is 12.4. The van der Waals surface area contributed by atoms with E-state index in [0.29, 0.717) is 6.42 Å². The number of hydrogen-bond acceptors (Lipinski definition) is 3. The number of rotatable bonds is 5. The topological polar surface area (TPSA) is 75.6 Å². The van der Waals surface area contributed by atoms with E-state index in [1.807, 2.05) is 24.3 Å². The highest BCUT2D eigenvalue weighted by molar-refractivity contribution is 9.10. The van der Waals surface area contributed by atoms with Gasteiger partial charge in [0.1, 0.15) is 5.60 Å². The van der Waals surface area contributed by atoms with Gasteiger partial charge in [-0.2, -0.15) is 0 Å². The highest BCUT2D eigenvalue weighted by Gasteiger charge is 2.21. The fourth-order valence-corrected chi connectivity index (χ4v) is 1.94. The third-order valence-corrected chi connectivity index (χ3v) is 3.16. The number of carbonyl (C=O) groups is 2. The molecule has 0 fully saturated rings. The standard InChI is InChI=1S/C15H20BrNO4/c1-15(2,3)21-14(20)17-9-11(13(18)19)8-10-4-6-12(16)7-5-10/h4-7,11H,8-9H2,1-3H3,(H,17,20)(H,18,19)/t11-/m0/s1. The van der Waals surface area contributed by atoms with Crippen LogP contribution in [0, 0.1) is 5.92 Å². The molecule has 1 rings (SSSR count). The van der Waals surface area contributed by atoms with E-state index in [-0.39, 0.29) is 6.54 Å². The van der Waals surface area contributed by atoms with Gasteiger partial charge in [0.15, 0.2) is 0 Å². The lowest BCUT2D eigenvalue weighted by Gasteiger charge is -2.21. The van der Waals surface area contributed by atoms with Gasteiger partial charge in [-0.05, 0) is 44.9 Å². The Balaban J connectivity index is 2.56. The lowest BCUT2D eigenvalue weighted by Crippen LogP contribution is -2.37. The second kappa shape index (κ2) is 7.45. The van der Waals surface area contributed by atoms with Crippen molar-refractivity contribution < 1.29 is 19.4 Å². The van der Waals surface area contributed by atoms with Gasteiger partial charge in [0.25, 0.3) is 0 Å². The van der Waals surface area contributed by atoms with Crippen LogP contribution in [0.2, 0.25) is 0 Å². The van der Waals surface area contributed by atoms with Gasteiger partial charge in [-0.3, -0.25) is 4.79 Å². The van der Waals surface area contributed by atoms with Crippen LogP contribution in [-0.4, -0.2) is 29.3 Å². The molecule has 0 unspecified atom stereocenters. The number of nitrogens with one attached hydrogen (secondary N) is 1. The Morgan fingerprint density at radius 1 is 1.29 bits per heavy atom. The van der Waals surface area contributed by atoms with Gasteiger partial charge < -0.3 is 15.2 Å². The molecule has 1 atom stereocenters. The van der Waals surface area contributed by atoms with Crippen molar-refractivity contribution >= 4 is 28.0 Å². The maximum absolute atomic E-state index is 11.6. The van der Waals surface area contributed by atoms with Crippen molar-refractivity contribution in [3.63, 3.8) is 0 Å². The number of alkyl carbamates (subject to hydrolysis) is 1. The summed E-state index contributed by atoms with van der Waals surface area (Å²) in [7, 11) is 0. The van der Waals surface area contributed by atoms with E-state index in [0.717, 1.165) is 10.0 Å². The third kappa shape index (κ3) is 7.13. The molecule has 6 heteroatoms. The lowest BCUT2D eigenvalue weighted by atomic mass is 9.99. The number of aliphatic carboxylic acids is 1. The molecule has 0 saturated heterocycles. The van der Waals surface area contributed by atoms with Gasteiger partial charge in [0.2, 0.25) is 0 Å². The summed E-state index contributed by atoms with van der Waals surface area (Å²) in [5, 5.41) is 11.7. The van der Waals surface area contributed by atoms with E-state index in [1.54, 1.807) is 20.8 Å². The van der Waals surface area contributed by atoms with Gasteiger partial charge in [-0.1, -0.05) is 28.1 Å². The molecule has 0 aliphatic rings. The van der Waals surface area contributed by atoms with Gasteiger partial charge in [-0.25, -0.2) is 4.79 Å². The van der Waals surface area contributed by atoms with Gasteiger partial charge >= 0.3 is 12.1 Å². The summed E-state index contributed by atoms with van der Waals surface area (Å²) < 4.78 is 6.02. The second-order valence-corrected chi connectivity index (χ2v) is 6.66. The molecule has 0 saturated carbocycles. The average Bonchev–Trinajstić information content (AvgIpc) is 2.34. The molecule has 0 bridgehead atoms. The molecule has 0 spiro atoms. The quantitative estimate of drug-likeness (QED) is 0.848. The summed E-state index contributed by atoms with van der Waals surface area (Å²) in [6.45, 7) is 5.29. The summed E-state index contributed by atoms with van der Waals surface area (Å²) in [6, 6.07) is 7.42. The average molecular weight is 358 g/mol. The third-order valence-electron chi connectivity index (χ3n) is 2.64. The normalized spacial score (nSPS) is 12.6. The van der Waals surface area contributed by atoms with Crippen LogP contribution in [0.25, 0.3) is 0 Å². The van der Waals surface area contributed by atoms with E-state index in [2.05, 4.69) is 21.2 Å². The van der Waals surface area contributed by atoms with Crippen LogP contribution in [0.4, 0.5) is 4.79 Å². The molecule has 5 nitrogen and oxygen atoms in total. The smallest absolute Gasteiger partial charge is 0.407 e. The van der Waals surface area contributed by atoms with Crippen molar-refractivity contribution in [3.05, 3.63) is 34.3 Å². The van der Waals surface area contributed by atoms with Crippen LogP contribution >= 0.6 is 15.9 Å². The van der Waals surface area contributed by atoms with Crippen molar-refractivity contribution in [1.29, 1.82) is 0 Å². The maximum atomic E-state index is 11.6. The van der Waals surface area contributed by atoms with Gasteiger partial charge in [0, 0.05) is 11.0 Å². The van der Waals surface area contributed by atoms with Crippen LogP contribution in [-0.2, 0) is 16.0 Å². The highest BCUT2D eigenvalue weighted by Crippen LogP contribution is 2.14. The van der Waals surface area contributed by atoms with Crippen LogP contribution in [0.5, 0.6) is 0 Å². The van der Waals surface area contributed by atoms with Crippen molar-refractivity contribution in [1.82, 2.24) is 5.32 Å². The van der Waals surface area contributed by atoms with Crippen molar-refractivity contribution in [2.75, 3.05) is 6.54 Å². The molecule has 1 aromatic rings. The Hall–Kier alpha value is -1.56. The minimum atomic E-state index is -0.950. The number of amides is 1. The maximum Gasteiger partial charge on any atom is 0.407 e. The van der Waals surface area contributed by atoms with E-state index in [1.165, 1.54) is 0 Å². The number of carboxylic acids is 1. The molecule has 0 aliphatic heterocycles. The molecule has 0 aromatic heterocycles. The van der Waals surface area contributed by atoms with E-state index < -0.39 is 23.6 Å². The predicted molar refractivity (Wildman–Crippen MR) is 83.2 cm³/mol. The van der Waals surface area contributed by atoms with Crippen molar-refractivity contribution in [2.24, 2.45) is 5.92 Å². The molecule has 1 amide bonds. The van der Waals surface area contributed by atoms with Gasteiger partial charge in [-0.15, -0.1) is 0 Å². The number of ether oxygens (including phenoxy) is 1. The lowest BCUT2D eigenvalue weighted by molar-refractivity contribution is -0.141. The number of carbonyl (C=O) groups excluding carboxylic acids is 1. The molecule has 21 heavy (non-hydrogen) atoms. The second-order valence-electron chi connectivity index (χ2n) is 5.75. The first kappa shape index (κ1) is 17.5. The number of halogens is 1. The van der Waals surface area contributed by atoms with Crippen LogP contribution in [0.15, 0.2) is 28.7 Å². The first-order valence-electron chi connectivity index (χ1n) is 6.61. The highest BCUT2D eigenvalue weighted by atomic mass is 79.9. The summed E-state index contributed by atoms with van der Waals surface area (Å²) in [5.41, 5.74) is 0.297. The SMILES string of the molecule is CC(C)(C)OC(=O)NC[C@H](Cc1ccc(Br)cc1)C(=O)O. The Labute approximate surface area is 132 Å². The Morgan fingerprint density at radius 3 is 2.33 bits per heavy atom. The largest absolute Gasteiger partial charge is 0.481 e. The first-order valence-corrected chi connectivity index (χ1v) is 7.41. The summed E-state index contributed by atoms with van der Waals surface area (Å²) in [6.07, 6.45) is -0.261. The number of carboxylic acid groups (broad SMARTS) is 1. The summed E-state index contributed by atoms with van der Waals surface area (Å²) >= 11 is 3.33. The first-order chi connectivity index (χ1) is 9.67. The van der Waals surface area contributed by atoms with Crippen LogP contribution < -0.4 is 5.32 Å². The molecular weight excluding hydrogens is 338 g/mol. The molecule has 2 N–H and O–H groups in total. The molecule has 0 radical (unpaired) electrons. The molecular formula is C15H20BrNO4. The predicted octanol–water partition coefficient (Wildman–Crippen LogP) is 3.22. The monoisotopic (exact) mass is 357 g/mol. The van der Waals surface area contributed by atoms with Crippen molar-refractivity contribution in [2.45, 2.75) is 32.8 Å². The van der Waals surface area contributed by atoms with E-state index >= 15 is 0 Å². The molecule has 116 valence electrons. The number of benzene rings is 1. The Kier molecular flexibility index (Phi) is 6.20. The molecule has 0 aliphatic carbocycles. The minimum Gasteiger partial charge on any atom is -0.481 e. The van der Waals surface area contributed by atoms with Crippen molar-refractivity contribution in [3.8, 4) is 0 Å². The van der Waals surface area contributed by atoms with Crippen LogP contribution in [0.3, 0.4) is 0 Å². The fraction of sp³-hybridized carbons (Fsp3) is 0.467. The zero-order valence-corrected chi connectivity index (χ0v) is 13.9. The zero-order chi connectivity index (χ0) is 16.0. The van der Waals surface area contributed by atoms with Gasteiger partial charge in [0.05, 0.1) is 5.92 Å². The van der Waals surface area contributed by atoms with Crippen LogP contribution in [0.1, 0.15) is 26.3 Å². The molecule has 1 aromatic carbocycles. The Bertz CT molecular complexity index is 493. The van der Waals surface area contributed by atoms with E-state index in [9.17, 15) is 14.7 Å². The fourth-order valence-electron chi connectivity index (χ4n) is 1.67. The van der Waals surface area contributed by atoms with E-state index in [4.69, 9.17) is 4.74 Å². The minimum absolute atomic E-state index is 0.0281. The molecule has 0 heterocycles.